The van der Waals surface area contributed by atoms with Crippen LogP contribution in [0.25, 0.3) is 11.3 Å². The second kappa shape index (κ2) is 4.82. The molecule has 0 radical (unpaired) electrons. The van der Waals surface area contributed by atoms with E-state index in [1.54, 1.807) is 6.20 Å². The Morgan fingerprint density at radius 1 is 1.35 bits per heavy atom. The first kappa shape index (κ1) is 11.4. The van der Waals surface area contributed by atoms with Crippen molar-refractivity contribution in [1.29, 1.82) is 0 Å². The molecule has 0 spiro atoms. The normalized spacial score (nSPS) is 10.4. The summed E-state index contributed by atoms with van der Waals surface area (Å²) in [6.07, 6.45) is 2.35. The molecule has 0 aliphatic heterocycles. The van der Waals surface area contributed by atoms with E-state index in [1.807, 2.05) is 41.9 Å². The average molecular weight is 230 g/mol. The Morgan fingerprint density at radius 3 is 2.71 bits per heavy atom. The van der Waals surface area contributed by atoms with Crippen LogP contribution in [-0.2, 0) is 18.3 Å². The minimum Gasteiger partial charge on any atom is -0.481 e. The highest BCUT2D eigenvalue weighted by atomic mass is 16.4. The number of benzene rings is 1. The molecule has 17 heavy (non-hydrogen) atoms. The molecule has 1 heterocycles. The number of aryl methyl sites for hydroxylation is 1. The summed E-state index contributed by atoms with van der Waals surface area (Å²) in [6.45, 7) is 0. The van der Waals surface area contributed by atoms with Crippen LogP contribution in [0.1, 0.15) is 12.2 Å². The van der Waals surface area contributed by atoms with E-state index < -0.39 is 5.97 Å². The SMILES string of the molecule is Cn1c(-c2ccccc2)cnc1CCC(=O)O. The Labute approximate surface area is 99.5 Å². The van der Waals surface area contributed by atoms with Crippen LogP contribution in [0, 0.1) is 0 Å². The fraction of sp³-hybridized carbons (Fsp3) is 0.231. The lowest BCUT2D eigenvalue weighted by atomic mass is 10.2. The number of hydrogen-bond donors (Lipinski definition) is 1. The maximum atomic E-state index is 10.5. The molecule has 1 aromatic heterocycles. The van der Waals surface area contributed by atoms with Crippen LogP contribution in [0.15, 0.2) is 36.5 Å². The van der Waals surface area contributed by atoms with Crippen molar-refractivity contribution >= 4 is 5.97 Å². The standard InChI is InChI=1S/C13H14N2O2/c1-15-11(10-5-3-2-4-6-10)9-14-12(15)7-8-13(16)17/h2-6,9H,7-8H2,1H3,(H,16,17). The Balaban J connectivity index is 2.24. The quantitative estimate of drug-likeness (QED) is 0.875. The van der Waals surface area contributed by atoms with Crippen LogP contribution in [-0.4, -0.2) is 20.6 Å². The molecule has 1 N–H and O–H groups in total. The van der Waals surface area contributed by atoms with Gasteiger partial charge in [-0.25, -0.2) is 4.98 Å². The molecular weight excluding hydrogens is 216 g/mol. The summed E-state index contributed by atoms with van der Waals surface area (Å²) >= 11 is 0. The fourth-order valence-corrected chi connectivity index (χ4v) is 1.78. The van der Waals surface area contributed by atoms with Gasteiger partial charge in [-0.05, 0) is 5.56 Å². The van der Waals surface area contributed by atoms with Crippen molar-refractivity contribution in [3.05, 3.63) is 42.4 Å². The third-order valence-electron chi connectivity index (χ3n) is 2.72. The Bertz CT molecular complexity index is 517. The van der Waals surface area contributed by atoms with Crippen molar-refractivity contribution in [2.24, 2.45) is 7.05 Å². The van der Waals surface area contributed by atoms with Crippen molar-refractivity contribution in [2.75, 3.05) is 0 Å². The molecule has 4 heteroatoms. The molecule has 0 saturated carbocycles. The minimum absolute atomic E-state index is 0.110. The number of carboxylic acid groups (broad SMARTS) is 1. The summed E-state index contributed by atoms with van der Waals surface area (Å²) in [4.78, 5) is 14.8. The maximum Gasteiger partial charge on any atom is 0.303 e. The number of aliphatic carboxylic acids is 1. The zero-order valence-corrected chi connectivity index (χ0v) is 9.63. The minimum atomic E-state index is -0.797. The van der Waals surface area contributed by atoms with Gasteiger partial charge in [-0.2, -0.15) is 0 Å². The van der Waals surface area contributed by atoms with E-state index in [1.165, 1.54) is 0 Å². The molecule has 0 aliphatic carbocycles. The first-order valence-corrected chi connectivity index (χ1v) is 5.46. The van der Waals surface area contributed by atoms with Crippen LogP contribution < -0.4 is 0 Å². The molecule has 0 bridgehead atoms. The van der Waals surface area contributed by atoms with Crippen LogP contribution in [0.5, 0.6) is 0 Å². The molecule has 2 rings (SSSR count). The second-order valence-corrected chi connectivity index (χ2v) is 3.88. The predicted octanol–water partition coefficient (Wildman–Crippen LogP) is 2.10. The molecule has 0 atom stereocenters. The van der Waals surface area contributed by atoms with E-state index in [2.05, 4.69) is 4.98 Å². The average Bonchev–Trinajstić information content (AvgIpc) is 2.69. The molecule has 0 aliphatic rings. The fourth-order valence-electron chi connectivity index (χ4n) is 1.78. The first-order chi connectivity index (χ1) is 8.18. The van der Waals surface area contributed by atoms with E-state index in [-0.39, 0.29) is 6.42 Å². The van der Waals surface area contributed by atoms with Gasteiger partial charge in [0.15, 0.2) is 0 Å². The number of carbonyl (C=O) groups is 1. The summed E-state index contributed by atoms with van der Waals surface area (Å²) < 4.78 is 1.94. The largest absolute Gasteiger partial charge is 0.481 e. The van der Waals surface area contributed by atoms with Crippen molar-refractivity contribution in [3.8, 4) is 11.3 Å². The van der Waals surface area contributed by atoms with Crippen molar-refractivity contribution in [2.45, 2.75) is 12.8 Å². The topological polar surface area (TPSA) is 55.1 Å². The van der Waals surface area contributed by atoms with E-state index in [4.69, 9.17) is 5.11 Å². The van der Waals surface area contributed by atoms with Gasteiger partial charge in [0, 0.05) is 13.5 Å². The molecule has 0 fully saturated rings. The molecule has 0 amide bonds. The maximum absolute atomic E-state index is 10.5. The van der Waals surface area contributed by atoms with Gasteiger partial charge in [0.05, 0.1) is 18.3 Å². The lowest BCUT2D eigenvalue weighted by molar-refractivity contribution is -0.137. The molecule has 0 saturated heterocycles. The first-order valence-electron chi connectivity index (χ1n) is 5.46. The number of hydrogen-bond acceptors (Lipinski definition) is 2. The van der Waals surface area contributed by atoms with Gasteiger partial charge in [-0.15, -0.1) is 0 Å². The van der Waals surface area contributed by atoms with Crippen molar-refractivity contribution < 1.29 is 9.90 Å². The predicted molar refractivity (Wildman–Crippen MR) is 64.6 cm³/mol. The monoisotopic (exact) mass is 230 g/mol. The molecule has 0 unspecified atom stereocenters. The number of carboxylic acids is 1. The zero-order valence-electron chi connectivity index (χ0n) is 9.63. The smallest absolute Gasteiger partial charge is 0.303 e. The number of nitrogens with zero attached hydrogens (tertiary/aromatic N) is 2. The van der Waals surface area contributed by atoms with Crippen LogP contribution in [0.4, 0.5) is 0 Å². The number of rotatable bonds is 4. The van der Waals surface area contributed by atoms with Gasteiger partial charge >= 0.3 is 5.97 Å². The summed E-state index contributed by atoms with van der Waals surface area (Å²) in [5.74, 6) is 0.000476. The molecule has 88 valence electrons. The molecular formula is C13H14N2O2. The zero-order chi connectivity index (χ0) is 12.3. The molecule has 1 aromatic carbocycles. The summed E-state index contributed by atoms with van der Waals surface area (Å²) in [5.41, 5.74) is 2.09. The molecule has 2 aromatic rings. The van der Waals surface area contributed by atoms with E-state index in [9.17, 15) is 4.79 Å². The van der Waals surface area contributed by atoms with Crippen molar-refractivity contribution in [1.82, 2.24) is 9.55 Å². The third kappa shape index (κ3) is 2.53. The Morgan fingerprint density at radius 2 is 2.06 bits per heavy atom. The summed E-state index contributed by atoms with van der Waals surface area (Å²) in [6, 6.07) is 9.93. The van der Waals surface area contributed by atoms with Gasteiger partial charge in [-0.3, -0.25) is 4.79 Å². The Hall–Kier alpha value is -2.10. The van der Waals surface area contributed by atoms with Gasteiger partial charge in [0.2, 0.25) is 0 Å². The van der Waals surface area contributed by atoms with Crippen LogP contribution >= 0.6 is 0 Å². The number of imidazole rings is 1. The highest BCUT2D eigenvalue weighted by Gasteiger charge is 2.09. The highest BCUT2D eigenvalue weighted by Crippen LogP contribution is 2.19. The number of aromatic nitrogens is 2. The lowest BCUT2D eigenvalue weighted by Crippen LogP contribution is -2.04. The van der Waals surface area contributed by atoms with Gasteiger partial charge in [0.25, 0.3) is 0 Å². The highest BCUT2D eigenvalue weighted by molar-refractivity contribution is 5.67. The van der Waals surface area contributed by atoms with Gasteiger partial charge < -0.3 is 9.67 Å². The van der Waals surface area contributed by atoms with Crippen LogP contribution in [0.2, 0.25) is 0 Å². The second-order valence-electron chi connectivity index (χ2n) is 3.88. The van der Waals surface area contributed by atoms with E-state index >= 15 is 0 Å². The summed E-state index contributed by atoms with van der Waals surface area (Å²) in [7, 11) is 1.91. The van der Waals surface area contributed by atoms with E-state index in [0.29, 0.717) is 6.42 Å². The molecule has 4 nitrogen and oxygen atoms in total. The van der Waals surface area contributed by atoms with Gasteiger partial charge in [-0.1, -0.05) is 30.3 Å². The lowest BCUT2D eigenvalue weighted by Gasteiger charge is -2.05. The van der Waals surface area contributed by atoms with Gasteiger partial charge in [0.1, 0.15) is 5.82 Å². The van der Waals surface area contributed by atoms with E-state index in [0.717, 1.165) is 17.1 Å². The van der Waals surface area contributed by atoms with Crippen molar-refractivity contribution in [3.63, 3.8) is 0 Å². The summed E-state index contributed by atoms with van der Waals surface area (Å²) in [5, 5.41) is 8.65. The van der Waals surface area contributed by atoms with Crippen LogP contribution in [0.3, 0.4) is 0 Å². The third-order valence-corrected chi connectivity index (χ3v) is 2.72. The Kier molecular flexibility index (Phi) is 3.23.